The van der Waals surface area contributed by atoms with Crippen LogP contribution in [-0.2, 0) is 5.60 Å². The number of benzene rings is 1. The first-order chi connectivity index (χ1) is 8.72. The van der Waals surface area contributed by atoms with Crippen molar-refractivity contribution in [3.05, 3.63) is 42.1 Å². The zero-order valence-corrected chi connectivity index (χ0v) is 10.8. The van der Waals surface area contributed by atoms with E-state index in [-0.39, 0.29) is 0 Å². The van der Waals surface area contributed by atoms with Crippen molar-refractivity contribution < 1.29 is 5.11 Å². The molecule has 0 saturated heterocycles. The highest BCUT2D eigenvalue weighted by Crippen LogP contribution is 2.43. The van der Waals surface area contributed by atoms with E-state index in [0.29, 0.717) is 5.92 Å². The molecule has 0 spiro atoms. The molecule has 1 fully saturated rings. The van der Waals surface area contributed by atoms with Crippen molar-refractivity contribution in [3.63, 3.8) is 0 Å². The number of aromatic nitrogens is 1. The minimum Gasteiger partial charge on any atom is -0.385 e. The summed E-state index contributed by atoms with van der Waals surface area (Å²) in [6.07, 6.45) is 6.11. The van der Waals surface area contributed by atoms with Gasteiger partial charge < -0.3 is 5.11 Å². The van der Waals surface area contributed by atoms with E-state index in [2.05, 4.69) is 24.0 Å². The predicted octanol–water partition coefficient (Wildman–Crippen LogP) is 3.63. The van der Waals surface area contributed by atoms with Crippen molar-refractivity contribution >= 4 is 10.9 Å². The lowest BCUT2D eigenvalue weighted by atomic mass is 9.71. The van der Waals surface area contributed by atoms with E-state index in [1.165, 1.54) is 6.42 Å². The second-order valence-electron chi connectivity index (χ2n) is 5.45. The van der Waals surface area contributed by atoms with Gasteiger partial charge in [0.05, 0.1) is 11.1 Å². The zero-order valence-electron chi connectivity index (χ0n) is 10.8. The van der Waals surface area contributed by atoms with Crippen LogP contribution in [-0.4, -0.2) is 10.1 Å². The Kier molecular flexibility index (Phi) is 2.83. The molecule has 1 saturated carbocycles. The number of fused-ring (bicyclic) bond motifs is 1. The fourth-order valence-corrected chi connectivity index (χ4v) is 3.21. The van der Waals surface area contributed by atoms with Crippen LogP contribution in [0.4, 0.5) is 0 Å². The average Bonchev–Trinajstić information content (AvgIpc) is 2.41. The molecule has 0 radical (unpaired) electrons. The van der Waals surface area contributed by atoms with E-state index in [1.807, 2.05) is 18.2 Å². The van der Waals surface area contributed by atoms with Crippen molar-refractivity contribution in [1.82, 2.24) is 4.98 Å². The van der Waals surface area contributed by atoms with Gasteiger partial charge in [-0.2, -0.15) is 0 Å². The molecule has 3 rings (SSSR count). The lowest BCUT2D eigenvalue weighted by Crippen LogP contribution is -2.36. The first-order valence-electron chi connectivity index (χ1n) is 6.78. The Labute approximate surface area is 108 Å². The van der Waals surface area contributed by atoms with Crippen LogP contribution in [0.15, 0.2) is 36.5 Å². The van der Waals surface area contributed by atoms with Gasteiger partial charge in [0.25, 0.3) is 0 Å². The molecule has 0 bridgehead atoms. The molecule has 1 aromatic heterocycles. The summed E-state index contributed by atoms with van der Waals surface area (Å²) < 4.78 is 0. The minimum atomic E-state index is -0.680. The van der Waals surface area contributed by atoms with Crippen molar-refractivity contribution in [1.29, 1.82) is 0 Å². The highest BCUT2D eigenvalue weighted by atomic mass is 16.3. The Balaban J connectivity index is 2.19. The molecule has 2 atom stereocenters. The van der Waals surface area contributed by atoms with Crippen LogP contribution in [0, 0.1) is 5.92 Å². The largest absolute Gasteiger partial charge is 0.385 e. The Morgan fingerprint density at radius 2 is 2.11 bits per heavy atom. The van der Waals surface area contributed by atoms with E-state index < -0.39 is 5.60 Å². The molecule has 1 aliphatic rings. The summed E-state index contributed by atoms with van der Waals surface area (Å²) in [7, 11) is 0. The lowest BCUT2D eigenvalue weighted by molar-refractivity contribution is -0.0457. The van der Waals surface area contributed by atoms with Gasteiger partial charge in [-0.15, -0.1) is 0 Å². The number of aliphatic hydroxyl groups is 1. The summed E-state index contributed by atoms with van der Waals surface area (Å²) in [5.41, 5.74) is 1.35. The van der Waals surface area contributed by atoms with E-state index in [1.54, 1.807) is 6.20 Å². The Morgan fingerprint density at radius 1 is 1.22 bits per heavy atom. The molecule has 2 aromatic rings. The molecule has 1 aromatic carbocycles. The van der Waals surface area contributed by atoms with Gasteiger partial charge in [0.1, 0.15) is 0 Å². The van der Waals surface area contributed by atoms with Crippen LogP contribution >= 0.6 is 0 Å². The molecule has 0 amide bonds. The minimum absolute atomic E-state index is 0.317. The maximum atomic E-state index is 11.1. The number of rotatable bonds is 1. The SMILES string of the molecule is CC1CCCCC1(O)c1cccc2ncccc12. The first kappa shape index (κ1) is 11.7. The van der Waals surface area contributed by atoms with Crippen molar-refractivity contribution in [2.45, 2.75) is 38.2 Å². The van der Waals surface area contributed by atoms with Gasteiger partial charge >= 0.3 is 0 Å². The van der Waals surface area contributed by atoms with Crippen molar-refractivity contribution in [2.75, 3.05) is 0 Å². The van der Waals surface area contributed by atoms with E-state index in [4.69, 9.17) is 0 Å². The third kappa shape index (κ3) is 1.72. The summed E-state index contributed by atoms with van der Waals surface area (Å²) in [5.74, 6) is 0.317. The Bertz CT molecular complexity index is 561. The molecule has 1 aliphatic carbocycles. The third-order valence-corrected chi connectivity index (χ3v) is 4.37. The number of nitrogens with zero attached hydrogens (tertiary/aromatic N) is 1. The molecule has 18 heavy (non-hydrogen) atoms. The topological polar surface area (TPSA) is 33.1 Å². The Morgan fingerprint density at radius 3 is 2.94 bits per heavy atom. The number of hydrogen-bond donors (Lipinski definition) is 1. The van der Waals surface area contributed by atoms with Crippen LogP contribution < -0.4 is 0 Å². The van der Waals surface area contributed by atoms with E-state index in [9.17, 15) is 5.11 Å². The highest BCUT2D eigenvalue weighted by Gasteiger charge is 2.38. The lowest BCUT2D eigenvalue weighted by Gasteiger charge is -2.39. The fourth-order valence-electron chi connectivity index (χ4n) is 3.21. The first-order valence-corrected chi connectivity index (χ1v) is 6.78. The monoisotopic (exact) mass is 241 g/mol. The van der Waals surface area contributed by atoms with Gasteiger partial charge in [0.15, 0.2) is 0 Å². The molecule has 94 valence electrons. The van der Waals surface area contributed by atoms with Crippen LogP contribution in [0.5, 0.6) is 0 Å². The van der Waals surface area contributed by atoms with E-state index in [0.717, 1.165) is 35.7 Å². The summed E-state index contributed by atoms with van der Waals surface area (Å²) in [4.78, 5) is 4.38. The quantitative estimate of drug-likeness (QED) is 0.827. The van der Waals surface area contributed by atoms with E-state index >= 15 is 0 Å². The molecule has 1 heterocycles. The molecular weight excluding hydrogens is 222 g/mol. The maximum absolute atomic E-state index is 11.1. The van der Waals surface area contributed by atoms with Gasteiger partial charge in [-0.1, -0.05) is 38.0 Å². The number of pyridine rings is 1. The summed E-state index contributed by atoms with van der Waals surface area (Å²) in [6.45, 7) is 2.16. The number of hydrogen-bond acceptors (Lipinski definition) is 2. The molecule has 2 heteroatoms. The molecule has 0 aliphatic heterocycles. The van der Waals surface area contributed by atoms with Crippen LogP contribution in [0.2, 0.25) is 0 Å². The van der Waals surface area contributed by atoms with Gasteiger partial charge in [-0.25, -0.2) is 0 Å². The fraction of sp³-hybridized carbons (Fsp3) is 0.438. The molecular formula is C16H19NO. The summed E-state index contributed by atoms with van der Waals surface area (Å²) in [5, 5.41) is 12.2. The second kappa shape index (κ2) is 4.36. The maximum Gasteiger partial charge on any atom is 0.0928 e. The van der Waals surface area contributed by atoms with Crippen molar-refractivity contribution in [2.24, 2.45) is 5.92 Å². The standard InChI is InChI=1S/C16H19NO/c1-12-6-2-3-10-16(12,18)14-8-4-9-15-13(14)7-5-11-17-15/h4-5,7-9,11-12,18H,2-3,6,10H2,1H3. The molecule has 2 unspecified atom stereocenters. The van der Waals surface area contributed by atoms with Gasteiger partial charge in [-0.05, 0) is 36.5 Å². The van der Waals surface area contributed by atoms with Gasteiger partial charge in [0.2, 0.25) is 0 Å². The average molecular weight is 241 g/mol. The second-order valence-corrected chi connectivity index (χ2v) is 5.45. The normalized spacial score (nSPS) is 28.4. The third-order valence-electron chi connectivity index (χ3n) is 4.37. The smallest absolute Gasteiger partial charge is 0.0928 e. The Hall–Kier alpha value is -1.41. The van der Waals surface area contributed by atoms with Crippen molar-refractivity contribution in [3.8, 4) is 0 Å². The van der Waals surface area contributed by atoms with Crippen LogP contribution in [0.3, 0.4) is 0 Å². The zero-order chi connectivity index (χ0) is 12.6. The van der Waals surface area contributed by atoms with Crippen LogP contribution in [0.1, 0.15) is 38.2 Å². The predicted molar refractivity (Wildman–Crippen MR) is 73.3 cm³/mol. The summed E-state index contributed by atoms with van der Waals surface area (Å²) in [6, 6.07) is 10.1. The highest BCUT2D eigenvalue weighted by molar-refractivity contribution is 5.82. The summed E-state index contributed by atoms with van der Waals surface area (Å²) >= 11 is 0. The molecule has 1 N–H and O–H groups in total. The van der Waals surface area contributed by atoms with Gasteiger partial charge in [0, 0.05) is 11.6 Å². The van der Waals surface area contributed by atoms with Gasteiger partial charge in [-0.3, -0.25) is 4.98 Å². The molecule has 2 nitrogen and oxygen atoms in total. The van der Waals surface area contributed by atoms with Crippen LogP contribution in [0.25, 0.3) is 10.9 Å².